The van der Waals surface area contributed by atoms with Crippen LogP contribution in [0.1, 0.15) is 64.1 Å². The van der Waals surface area contributed by atoms with Crippen LogP contribution in [-0.2, 0) is 25.8 Å². The second kappa shape index (κ2) is 7.73. The van der Waals surface area contributed by atoms with Crippen molar-refractivity contribution in [1.82, 2.24) is 30.2 Å². The van der Waals surface area contributed by atoms with E-state index in [2.05, 4.69) is 30.2 Å². The molecule has 1 saturated carbocycles. The average molecular weight is 495 g/mol. The largest absolute Gasteiger partial charge is 0.417 e. The van der Waals surface area contributed by atoms with Crippen LogP contribution in [0.4, 0.5) is 4.39 Å². The number of nitrogens with zero attached hydrogens (tertiary/aromatic N) is 4. The molecule has 0 radical (unpaired) electrons. The number of aryl methyl sites for hydroxylation is 1. The van der Waals surface area contributed by atoms with Gasteiger partial charge in [-0.15, -0.1) is 0 Å². The molecule has 2 aliphatic carbocycles. The molecule has 3 aromatic rings. The third kappa shape index (κ3) is 3.36. The molecule has 2 aliphatic heterocycles. The molecule has 1 atom stereocenters. The number of ether oxygens (including phenoxy) is 1. The quantitative estimate of drug-likeness (QED) is 0.536. The molecule has 0 aromatic carbocycles. The number of hydrogen-bond acceptors (Lipinski definition) is 6. The van der Waals surface area contributed by atoms with Gasteiger partial charge in [0.2, 0.25) is 11.2 Å². The lowest BCUT2D eigenvalue weighted by Crippen LogP contribution is -2.34. The van der Waals surface area contributed by atoms with Gasteiger partial charge < -0.3 is 15.0 Å². The van der Waals surface area contributed by atoms with E-state index in [1.807, 2.05) is 6.92 Å². The van der Waals surface area contributed by atoms with E-state index in [-0.39, 0.29) is 28.9 Å². The molecule has 2 N–H and O–H groups in total. The molecule has 0 bridgehead atoms. The van der Waals surface area contributed by atoms with Gasteiger partial charge >= 0.3 is 0 Å². The fourth-order valence-electron chi connectivity index (χ4n) is 5.69. The van der Waals surface area contributed by atoms with Crippen LogP contribution in [0, 0.1) is 5.82 Å². The zero-order valence-electron chi connectivity index (χ0n) is 19.3. The van der Waals surface area contributed by atoms with Gasteiger partial charge in [-0.1, -0.05) is 6.92 Å². The lowest BCUT2D eigenvalue weighted by molar-refractivity contribution is 0.0940. The van der Waals surface area contributed by atoms with Crippen molar-refractivity contribution >= 4 is 17.5 Å². The second-order valence-corrected chi connectivity index (χ2v) is 10.3. The van der Waals surface area contributed by atoms with E-state index in [0.29, 0.717) is 48.8 Å². The van der Waals surface area contributed by atoms with Crippen LogP contribution in [0.5, 0.6) is 11.8 Å². The Balaban J connectivity index is 1.30. The summed E-state index contributed by atoms with van der Waals surface area (Å²) in [6.07, 6.45) is 6.05. The molecule has 1 fully saturated rings. The first kappa shape index (κ1) is 21.3. The van der Waals surface area contributed by atoms with Crippen molar-refractivity contribution in [2.24, 2.45) is 0 Å². The Kier molecular flexibility index (Phi) is 4.70. The number of fused-ring (bicyclic) bond motifs is 6. The topological polar surface area (TPSA) is 96.0 Å². The number of carbonyl (C=O) groups excluding carboxylic acids is 1. The Bertz CT molecular complexity index is 1400. The second-order valence-electron chi connectivity index (χ2n) is 9.93. The summed E-state index contributed by atoms with van der Waals surface area (Å²) in [5, 5.41) is 3.02. The van der Waals surface area contributed by atoms with Crippen molar-refractivity contribution in [3.63, 3.8) is 0 Å². The van der Waals surface area contributed by atoms with Crippen LogP contribution in [0.2, 0.25) is 5.28 Å². The fraction of sp³-hybridized carbons (Fsp3) is 0.440. The molecule has 7 rings (SSSR count). The van der Waals surface area contributed by atoms with Gasteiger partial charge in [0, 0.05) is 55.5 Å². The molecular weight excluding hydrogens is 471 g/mol. The Hall–Kier alpha value is -3.04. The number of carbonyl (C=O) groups is 1. The number of pyridine rings is 1. The van der Waals surface area contributed by atoms with Crippen molar-refractivity contribution in [2.75, 3.05) is 13.1 Å². The number of nitrogens with one attached hydrogen (secondary N) is 2. The Morgan fingerprint density at radius 2 is 2.00 bits per heavy atom. The number of rotatable bonds is 3. The summed E-state index contributed by atoms with van der Waals surface area (Å²) in [5.74, 6) is -0.434. The molecule has 0 saturated heterocycles. The summed E-state index contributed by atoms with van der Waals surface area (Å²) in [7, 11) is 0. The molecule has 35 heavy (non-hydrogen) atoms. The van der Waals surface area contributed by atoms with E-state index in [4.69, 9.17) is 16.3 Å². The SMILES string of the molecule is C[C@H]1CNC(=O)c2c1[nH]c1c2CCc2cnc(Oc3nc(Cl)nc4c3CN(C3CC3)CC4)c(F)c2-1. The van der Waals surface area contributed by atoms with Gasteiger partial charge in [0.1, 0.15) is 0 Å². The van der Waals surface area contributed by atoms with E-state index in [1.165, 1.54) is 12.8 Å². The lowest BCUT2D eigenvalue weighted by atomic mass is 9.87. The lowest BCUT2D eigenvalue weighted by Gasteiger charge is -2.28. The maximum Gasteiger partial charge on any atom is 0.258 e. The van der Waals surface area contributed by atoms with Crippen LogP contribution in [0.3, 0.4) is 0 Å². The molecule has 3 aromatic heterocycles. The van der Waals surface area contributed by atoms with Crippen molar-refractivity contribution in [1.29, 1.82) is 0 Å². The van der Waals surface area contributed by atoms with Crippen molar-refractivity contribution in [2.45, 2.75) is 57.5 Å². The van der Waals surface area contributed by atoms with Crippen molar-refractivity contribution in [3.8, 4) is 23.0 Å². The van der Waals surface area contributed by atoms with Crippen molar-refractivity contribution in [3.05, 3.63) is 50.9 Å². The highest BCUT2D eigenvalue weighted by Gasteiger charge is 2.36. The standard InChI is InChI=1S/C25H24ClFN6O2/c1-11-8-28-22(34)18-14-5-2-12-9-29-24(19(27)17(12)21(14)31-20(11)18)35-23-15-10-33(13-3-4-13)7-6-16(15)30-25(26)32-23/h9,11,13,31H,2-8,10H2,1H3,(H,28,34)/t11-/m0/s1. The predicted octanol–water partition coefficient (Wildman–Crippen LogP) is 3.92. The Labute approximate surface area is 206 Å². The summed E-state index contributed by atoms with van der Waals surface area (Å²) in [4.78, 5) is 31.4. The normalized spacial score (nSPS) is 21.0. The van der Waals surface area contributed by atoms with Gasteiger partial charge in [-0.2, -0.15) is 4.98 Å². The van der Waals surface area contributed by atoms with E-state index in [9.17, 15) is 4.79 Å². The highest BCUT2D eigenvalue weighted by atomic mass is 35.5. The minimum absolute atomic E-state index is 0.0799. The van der Waals surface area contributed by atoms with Gasteiger partial charge in [-0.25, -0.2) is 14.4 Å². The van der Waals surface area contributed by atoms with Gasteiger partial charge in [0.05, 0.1) is 22.5 Å². The predicted molar refractivity (Wildman–Crippen MR) is 126 cm³/mol. The third-order valence-electron chi connectivity index (χ3n) is 7.66. The van der Waals surface area contributed by atoms with E-state index in [1.54, 1.807) is 6.20 Å². The van der Waals surface area contributed by atoms with E-state index < -0.39 is 5.82 Å². The minimum atomic E-state index is -0.562. The number of aromatic amines is 1. The number of hydrogen-bond donors (Lipinski definition) is 2. The summed E-state index contributed by atoms with van der Waals surface area (Å²) in [5.41, 5.74) is 5.91. The Morgan fingerprint density at radius 1 is 1.14 bits per heavy atom. The molecular formula is C25H24ClFN6O2. The first-order valence-corrected chi connectivity index (χ1v) is 12.5. The van der Waals surface area contributed by atoms with Gasteiger partial charge in [-0.3, -0.25) is 9.69 Å². The molecule has 8 nitrogen and oxygen atoms in total. The van der Waals surface area contributed by atoms with Gasteiger partial charge in [0.15, 0.2) is 5.82 Å². The van der Waals surface area contributed by atoms with Gasteiger partial charge in [0.25, 0.3) is 11.8 Å². The monoisotopic (exact) mass is 494 g/mol. The minimum Gasteiger partial charge on any atom is -0.417 e. The average Bonchev–Trinajstić information content (AvgIpc) is 3.62. The maximum absolute atomic E-state index is 16.0. The van der Waals surface area contributed by atoms with E-state index >= 15 is 4.39 Å². The maximum atomic E-state index is 16.0. The molecule has 4 aliphatic rings. The highest BCUT2D eigenvalue weighted by molar-refractivity contribution is 6.28. The molecule has 5 heterocycles. The van der Waals surface area contributed by atoms with Crippen LogP contribution in [-0.4, -0.2) is 49.9 Å². The highest BCUT2D eigenvalue weighted by Crippen LogP contribution is 2.43. The van der Waals surface area contributed by atoms with E-state index in [0.717, 1.165) is 41.0 Å². The fourth-order valence-corrected chi connectivity index (χ4v) is 5.87. The first-order chi connectivity index (χ1) is 17.0. The van der Waals surface area contributed by atoms with Crippen molar-refractivity contribution < 1.29 is 13.9 Å². The zero-order chi connectivity index (χ0) is 23.8. The number of amides is 1. The summed E-state index contributed by atoms with van der Waals surface area (Å²) in [6, 6.07) is 0.585. The Morgan fingerprint density at radius 3 is 2.83 bits per heavy atom. The molecule has 0 unspecified atom stereocenters. The first-order valence-electron chi connectivity index (χ1n) is 12.2. The van der Waals surface area contributed by atoms with Gasteiger partial charge in [-0.05, 0) is 48.4 Å². The van der Waals surface area contributed by atoms with Crippen LogP contribution in [0.25, 0.3) is 11.3 Å². The molecule has 0 spiro atoms. The smallest absolute Gasteiger partial charge is 0.258 e. The van der Waals surface area contributed by atoms with Crippen LogP contribution < -0.4 is 10.1 Å². The zero-order valence-corrected chi connectivity index (χ0v) is 20.0. The number of halogens is 2. The van der Waals surface area contributed by atoms with Crippen LogP contribution in [0.15, 0.2) is 6.20 Å². The summed E-state index contributed by atoms with van der Waals surface area (Å²) < 4.78 is 22.1. The molecule has 1 amide bonds. The molecule has 10 heteroatoms. The number of aromatic nitrogens is 4. The summed E-state index contributed by atoms with van der Waals surface area (Å²) in [6.45, 7) is 4.18. The third-order valence-corrected chi connectivity index (χ3v) is 7.83. The molecule has 180 valence electrons. The number of H-pyrrole nitrogens is 1. The van der Waals surface area contributed by atoms with Crippen LogP contribution >= 0.6 is 11.6 Å². The summed E-state index contributed by atoms with van der Waals surface area (Å²) >= 11 is 6.19.